The van der Waals surface area contributed by atoms with Crippen LogP contribution in [0.15, 0.2) is 29.3 Å². The van der Waals surface area contributed by atoms with Crippen molar-refractivity contribution in [3.05, 3.63) is 50.1 Å². The van der Waals surface area contributed by atoms with E-state index in [2.05, 4.69) is 4.99 Å². The van der Waals surface area contributed by atoms with Crippen molar-refractivity contribution in [3.8, 4) is 23.0 Å². The molecule has 2 aromatic rings. The molecule has 0 atom stereocenters. The van der Waals surface area contributed by atoms with Crippen LogP contribution in [0.4, 0.5) is 17.1 Å². The van der Waals surface area contributed by atoms with Gasteiger partial charge in [0.25, 0.3) is 5.69 Å². The van der Waals surface area contributed by atoms with E-state index in [4.69, 9.17) is 9.47 Å². The number of nitrogens with zero attached hydrogens (tertiary/aromatic N) is 3. The molecule has 11 nitrogen and oxygen atoms in total. The number of nitro groups is 2. The number of ether oxygens (including phenoxy) is 2. The van der Waals surface area contributed by atoms with Crippen LogP contribution >= 0.6 is 0 Å². The van der Waals surface area contributed by atoms with Gasteiger partial charge >= 0.3 is 5.69 Å². The van der Waals surface area contributed by atoms with Crippen molar-refractivity contribution >= 4 is 23.3 Å². The van der Waals surface area contributed by atoms with Gasteiger partial charge in [-0.2, -0.15) is 0 Å². The average Bonchev–Trinajstić information content (AvgIpc) is 2.60. The van der Waals surface area contributed by atoms with E-state index in [0.717, 1.165) is 12.3 Å². The molecule has 0 amide bonds. The number of phenols is 2. The Labute approximate surface area is 146 Å². The van der Waals surface area contributed by atoms with E-state index in [1.807, 2.05) is 0 Å². The third-order valence-electron chi connectivity index (χ3n) is 3.34. The molecule has 0 aliphatic heterocycles. The lowest BCUT2D eigenvalue weighted by atomic mass is 10.1. The summed E-state index contributed by atoms with van der Waals surface area (Å²) in [5, 5.41) is 41.8. The van der Waals surface area contributed by atoms with Gasteiger partial charge in [0.15, 0.2) is 0 Å². The zero-order valence-electron chi connectivity index (χ0n) is 13.6. The molecule has 0 aliphatic carbocycles. The van der Waals surface area contributed by atoms with Gasteiger partial charge < -0.3 is 19.7 Å². The van der Waals surface area contributed by atoms with Gasteiger partial charge in [0.1, 0.15) is 22.9 Å². The highest BCUT2D eigenvalue weighted by Crippen LogP contribution is 2.40. The molecule has 0 saturated heterocycles. The highest BCUT2D eigenvalue weighted by molar-refractivity contribution is 5.90. The van der Waals surface area contributed by atoms with E-state index in [-0.39, 0.29) is 17.1 Å². The van der Waals surface area contributed by atoms with Crippen LogP contribution in [0, 0.1) is 20.2 Å². The van der Waals surface area contributed by atoms with Crippen LogP contribution < -0.4 is 9.47 Å². The maximum atomic E-state index is 10.9. The Morgan fingerprint density at radius 2 is 1.73 bits per heavy atom. The number of rotatable bonds is 6. The number of aliphatic imine (C=N–C) groups is 1. The van der Waals surface area contributed by atoms with Crippen LogP contribution in [0.3, 0.4) is 0 Å². The molecular weight excluding hydrogens is 350 g/mol. The predicted octanol–water partition coefficient (Wildman–Crippen LogP) is 2.68. The van der Waals surface area contributed by atoms with Crippen LogP contribution in [0.5, 0.6) is 23.0 Å². The molecule has 11 heteroatoms. The summed E-state index contributed by atoms with van der Waals surface area (Å²) in [5.74, 6) is -0.636. The monoisotopic (exact) mass is 363 g/mol. The standard InChI is InChI=1S/C15H13N3O8/c1-25-9-5-13(19)10(14(6-9)26-2)7-16-11-3-8(17(21)22)4-12(15(11)20)18(23)24/h3-7,19-20H,1-2H3. The molecule has 0 spiro atoms. The van der Waals surface area contributed by atoms with Gasteiger partial charge in [0, 0.05) is 24.4 Å². The summed E-state index contributed by atoms with van der Waals surface area (Å²) in [5.41, 5.74) is -1.81. The summed E-state index contributed by atoms with van der Waals surface area (Å²) >= 11 is 0. The topological polar surface area (TPSA) is 158 Å². The van der Waals surface area contributed by atoms with E-state index in [0.29, 0.717) is 11.8 Å². The number of aromatic hydroxyl groups is 2. The molecule has 0 unspecified atom stereocenters. The quantitative estimate of drug-likeness (QED) is 0.450. The van der Waals surface area contributed by atoms with Gasteiger partial charge in [-0.1, -0.05) is 0 Å². The lowest BCUT2D eigenvalue weighted by Gasteiger charge is -2.09. The number of phenolic OH excluding ortho intramolecular Hbond substituents is 2. The number of hydrogen-bond donors (Lipinski definition) is 2. The first-order chi connectivity index (χ1) is 12.3. The summed E-state index contributed by atoms with van der Waals surface area (Å²) in [4.78, 5) is 23.9. The van der Waals surface area contributed by atoms with E-state index in [1.165, 1.54) is 26.4 Å². The first-order valence-corrected chi connectivity index (χ1v) is 6.93. The molecule has 2 rings (SSSR count). The molecule has 26 heavy (non-hydrogen) atoms. The highest BCUT2D eigenvalue weighted by Gasteiger charge is 2.23. The molecule has 136 valence electrons. The average molecular weight is 363 g/mol. The van der Waals surface area contributed by atoms with Gasteiger partial charge in [-0.05, 0) is 0 Å². The summed E-state index contributed by atoms with van der Waals surface area (Å²) in [7, 11) is 2.73. The Balaban J connectivity index is 2.58. The third kappa shape index (κ3) is 3.61. The first kappa shape index (κ1) is 18.4. The number of non-ortho nitro benzene ring substituents is 1. The first-order valence-electron chi connectivity index (χ1n) is 6.93. The maximum absolute atomic E-state index is 10.9. The second kappa shape index (κ2) is 7.34. The Hall–Kier alpha value is -3.89. The maximum Gasteiger partial charge on any atom is 0.319 e. The molecule has 0 saturated carbocycles. The van der Waals surface area contributed by atoms with Gasteiger partial charge in [-0.25, -0.2) is 0 Å². The highest BCUT2D eigenvalue weighted by atomic mass is 16.6. The predicted molar refractivity (Wildman–Crippen MR) is 89.9 cm³/mol. The SMILES string of the molecule is COc1cc(O)c(C=Nc2cc([N+](=O)[O-])cc([N+](=O)[O-])c2O)c(OC)c1. The van der Waals surface area contributed by atoms with Gasteiger partial charge in [0.2, 0.25) is 5.75 Å². The molecule has 0 heterocycles. The summed E-state index contributed by atoms with van der Waals surface area (Å²) in [6, 6.07) is 4.22. The minimum atomic E-state index is -0.965. The van der Waals surface area contributed by atoms with Crippen molar-refractivity contribution in [3.63, 3.8) is 0 Å². The van der Waals surface area contributed by atoms with Crippen LogP contribution in [-0.4, -0.2) is 40.5 Å². The van der Waals surface area contributed by atoms with Crippen molar-refractivity contribution in [1.82, 2.24) is 0 Å². The number of nitro benzene ring substituents is 2. The Bertz CT molecular complexity index is 910. The number of benzene rings is 2. The van der Waals surface area contributed by atoms with Crippen molar-refractivity contribution in [2.45, 2.75) is 0 Å². The molecule has 0 bridgehead atoms. The molecule has 0 aromatic heterocycles. The fourth-order valence-electron chi connectivity index (χ4n) is 2.07. The van der Waals surface area contributed by atoms with Crippen molar-refractivity contribution in [2.75, 3.05) is 14.2 Å². The molecular formula is C15H13N3O8. The van der Waals surface area contributed by atoms with E-state index in [9.17, 15) is 30.4 Å². The summed E-state index contributed by atoms with van der Waals surface area (Å²) < 4.78 is 10.1. The Morgan fingerprint density at radius 1 is 1.04 bits per heavy atom. The zero-order chi connectivity index (χ0) is 19.4. The summed E-state index contributed by atoms with van der Waals surface area (Å²) in [6.07, 6.45) is 1.05. The Morgan fingerprint density at radius 3 is 2.27 bits per heavy atom. The minimum absolute atomic E-state index is 0.0851. The van der Waals surface area contributed by atoms with Crippen LogP contribution in [0.25, 0.3) is 0 Å². The van der Waals surface area contributed by atoms with Crippen molar-refractivity contribution in [2.24, 2.45) is 4.99 Å². The summed E-state index contributed by atoms with van der Waals surface area (Å²) in [6.45, 7) is 0. The van der Waals surface area contributed by atoms with Gasteiger partial charge in [-0.15, -0.1) is 0 Å². The normalized spacial score (nSPS) is 10.7. The van der Waals surface area contributed by atoms with E-state index >= 15 is 0 Å². The smallest absolute Gasteiger partial charge is 0.319 e. The lowest BCUT2D eigenvalue weighted by molar-refractivity contribution is -0.394. The Kier molecular flexibility index (Phi) is 5.21. The largest absolute Gasteiger partial charge is 0.507 e. The molecule has 2 aromatic carbocycles. The molecule has 0 radical (unpaired) electrons. The number of methoxy groups -OCH3 is 2. The van der Waals surface area contributed by atoms with Crippen molar-refractivity contribution in [1.29, 1.82) is 0 Å². The third-order valence-corrected chi connectivity index (χ3v) is 3.34. The van der Waals surface area contributed by atoms with Crippen molar-refractivity contribution < 1.29 is 29.5 Å². The fraction of sp³-hybridized carbons (Fsp3) is 0.133. The second-order valence-corrected chi connectivity index (χ2v) is 4.87. The van der Waals surface area contributed by atoms with E-state index < -0.39 is 32.7 Å². The van der Waals surface area contributed by atoms with Gasteiger partial charge in [0.05, 0.1) is 35.7 Å². The van der Waals surface area contributed by atoms with Gasteiger partial charge in [-0.3, -0.25) is 25.2 Å². The molecule has 2 N–H and O–H groups in total. The van der Waals surface area contributed by atoms with Crippen LogP contribution in [0.2, 0.25) is 0 Å². The van der Waals surface area contributed by atoms with E-state index in [1.54, 1.807) is 0 Å². The van der Waals surface area contributed by atoms with Crippen LogP contribution in [0.1, 0.15) is 5.56 Å². The molecule has 0 aliphatic rings. The number of hydrogen-bond acceptors (Lipinski definition) is 9. The second-order valence-electron chi connectivity index (χ2n) is 4.87. The lowest BCUT2D eigenvalue weighted by Crippen LogP contribution is -1.95. The van der Waals surface area contributed by atoms with Crippen LogP contribution in [-0.2, 0) is 0 Å². The zero-order valence-corrected chi connectivity index (χ0v) is 13.6. The fourth-order valence-corrected chi connectivity index (χ4v) is 2.07. The minimum Gasteiger partial charge on any atom is -0.507 e. The molecule has 0 fully saturated rings.